The molecule has 0 bridgehead atoms. The summed E-state index contributed by atoms with van der Waals surface area (Å²) in [6, 6.07) is 8.10. The molecular weight excluding hydrogens is 252 g/mol. The van der Waals surface area contributed by atoms with Gasteiger partial charge in [0.25, 0.3) is 0 Å². The molecule has 20 heavy (non-hydrogen) atoms. The van der Waals surface area contributed by atoms with Crippen LogP contribution in [0.5, 0.6) is 0 Å². The van der Waals surface area contributed by atoms with E-state index >= 15 is 0 Å². The minimum absolute atomic E-state index is 0.0227. The number of amides is 1. The third-order valence-electron chi connectivity index (χ3n) is 3.70. The van der Waals surface area contributed by atoms with Gasteiger partial charge >= 0.3 is 0 Å². The van der Waals surface area contributed by atoms with E-state index in [4.69, 9.17) is 4.74 Å². The second-order valence-corrected chi connectivity index (χ2v) is 5.16. The summed E-state index contributed by atoms with van der Waals surface area (Å²) in [7, 11) is 1.70. The molecule has 1 amide bonds. The highest BCUT2D eigenvalue weighted by atomic mass is 16.5. The molecule has 1 aromatic rings. The van der Waals surface area contributed by atoms with Gasteiger partial charge in [-0.1, -0.05) is 25.1 Å². The van der Waals surface area contributed by atoms with Crippen molar-refractivity contribution in [2.45, 2.75) is 32.2 Å². The number of nitrogens with zero attached hydrogens (tertiary/aromatic N) is 1. The zero-order valence-corrected chi connectivity index (χ0v) is 12.4. The molecule has 0 radical (unpaired) electrons. The van der Waals surface area contributed by atoms with Gasteiger partial charge < -0.3 is 15.0 Å². The van der Waals surface area contributed by atoms with Crippen LogP contribution in [0, 0.1) is 0 Å². The van der Waals surface area contributed by atoms with Crippen LogP contribution < -0.4 is 10.2 Å². The van der Waals surface area contributed by atoms with E-state index in [-0.39, 0.29) is 11.9 Å². The molecule has 4 nitrogen and oxygen atoms in total. The molecule has 1 aliphatic heterocycles. The van der Waals surface area contributed by atoms with Crippen molar-refractivity contribution >= 4 is 11.6 Å². The van der Waals surface area contributed by atoms with E-state index in [2.05, 4.69) is 18.3 Å². The summed E-state index contributed by atoms with van der Waals surface area (Å²) in [5.41, 5.74) is 2.22. The smallest absolute Gasteiger partial charge is 0.244 e. The molecule has 0 saturated carbocycles. The number of anilines is 1. The van der Waals surface area contributed by atoms with Crippen LogP contribution in [0.25, 0.3) is 0 Å². The number of methoxy groups -OCH3 is 1. The molecule has 0 spiro atoms. The van der Waals surface area contributed by atoms with Gasteiger partial charge in [-0.3, -0.25) is 4.79 Å². The lowest BCUT2D eigenvalue weighted by Crippen LogP contribution is -2.38. The average Bonchev–Trinajstić information content (AvgIpc) is 2.84. The first-order valence-corrected chi connectivity index (χ1v) is 7.39. The third kappa shape index (κ3) is 3.38. The Labute approximate surface area is 121 Å². The van der Waals surface area contributed by atoms with Crippen LogP contribution in [0.3, 0.4) is 0 Å². The molecule has 2 rings (SSSR count). The number of hydrogen-bond donors (Lipinski definition) is 1. The molecule has 0 aliphatic carbocycles. The predicted molar refractivity (Wildman–Crippen MR) is 81.1 cm³/mol. The molecule has 0 aromatic heterocycles. The number of ether oxygens (including phenoxy) is 1. The number of nitrogens with one attached hydrogen (secondary N) is 1. The van der Waals surface area contributed by atoms with Crippen molar-refractivity contribution < 1.29 is 9.53 Å². The normalized spacial score (nSPS) is 18.8. The number of rotatable bonds is 7. The highest BCUT2D eigenvalue weighted by Gasteiger charge is 2.32. The Bertz CT molecular complexity index is 448. The van der Waals surface area contributed by atoms with E-state index in [1.807, 2.05) is 23.1 Å². The van der Waals surface area contributed by atoms with Crippen molar-refractivity contribution in [3.05, 3.63) is 29.8 Å². The Balaban J connectivity index is 2.10. The SMILES string of the molecule is CCCNC1CCN(c2ccccc2CCOC)C1=O. The van der Waals surface area contributed by atoms with Crippen LogP contribution in [0.2, 0.25) is 0 Å². The minimum atomic E-state index is -0.0227. The Morgan fingerprint density at radius 2 is 2.20 bits per heavy atom. The van der Waals surface area contributed by atoms with E-state index in [1.54, 1.807) is 7.11 Å². The Kier molecular flexibility index (Phi) is 5.56. The first-order chi connectivity index (χ1) is 9.77. The largest absolute Gasteiger partial charge is 0.384 e. The summed E-state index contributed by atoms with van der Waals surface area (Å²) in [6.07, 6.45) is 2.77. The molecule has 1 unspecified atom stereocenters. The standard InChI is InChI=1S/C16H24N2O2/c1-3-10-17-14-8-11-18(16(14)19)15-7-5-4-6-13(15)9-12-20-2/h4-7,14,17H,3,8-12H2,1-2H3. The van der Waals surface area contributed by atoms with Crippen LogP contribution in [-0.4, -0.2) is 38.8 Å². The van der Waals surface area contributed by atoms with Crippen molar-refractivity contribution in [2.75, 3.05) is 31.7 Å². The van der Waals surface area contributed by atoms with Crippen molar-refractivity contribution in [1.29, 1.82) is 0 Å². The molecule has 1 heterocycles. The number of carbonyl (C=O) groups is 1. The fourth-order valence-corrected chi connectivity index (χ4v) is 2.62. The first-order valence-electron chi connectivity index (χ1n) is 7.39. The highest BCUT2D eigenvalue weighted by molar-refractivity contribution is 6.00. The van der Waals surface area contributed by atoms with Crippen LogP contribution >= 0.6 is 0 Å². The van der Waals surface area contributed by atoms with Crippen LogP contribution in [0.15, 0.2) is 24.3 Å². The Hall–Kier alpha value is -1.39. The van der Waals surface area contributed by atoms with Crippen molar-refractivity contribution in [3.8, 4) is 0 Å². The van der Waals surface area contributed by atoms with Crippen LogP contribution in [0.1, 0.15) is 25.3 Å². The number of para-hydroxylation sites is 1. The highest BCUT2D eigenvalue weighted by Crippen LogP contribution is 2.26. The Morgan fingerprint density at radius 3 is 2.95 bits per heavy atom. The second kappa shape index (κ2) is 7.41. The van der Waals surface area contributed by atoms with Gasteiger partial charge in [-0.05, 0) is 37.4 Å². The van der Waals surface area contributed by atoms with E-state index in [1.165, 1.54) is 5.56 Å². The topological polar surface area (TPSA) is 41.6 Å². The molecule has 1 N–H and O–H groups in total. The summed E-state index contributed by atoms with van der Waals surface area (Å²) in [4.78, 5) is 14.4. The zero-order chi connectivity index (χ0) is 14.4. The summed E-state index contributed by atoms with van der Waals surface area (Å²) >= 11 is 0. The van der Waals surface area contributed by atoms with Gasteiger partial charge in [0.15, 0.2) is 0 Å². The average molecular weight is 276 g/mol. The second-order valence-electron chi connectivity index (χ2n) is 5.16. The molecule has 4 heteroatoms. The number of hydrogen-bond acceptors (Lipinski definition) is 3. The molecule has 110 valence electrons. The maximum Gasteiger partial charge on any atom is 0.244 e. The minimum Gasteiger partial charge on any atom is -0.384 e. The van der Waals surface area contributed by atoms with Gasteiger partial charge in [0.1, 0.15) is 0 Å². The van der Waals surface area contributed by atoms with Crippen LogP contribution in [0.4, 0.5) is 5.69 Å². The van der Waals surface area contributed by atoms with Gasteiger partial charge in [0.2, 0.25) is 5.91 Å². The predicted octanol–water partition coefficient (Wildman–Crippen LogP) is 1.98. The molecule has 1 fully saturated rings. The van der Waals surface area contributed by atoms with E-state index in [0.717, 1.165) is 38.0 Å². The lowest BCUT2D eigenvalue weighted by molar-refractivity contribution is -0.118. The number of carbonyl (C=O) groups excluding carboxylic acids is 1. The quantitative estimate of drug-likeness (QED) is 0.828. The molecule has 1 aromatic carbocycles. The van der Waals surface area contributed by atoms with Crippen molar-refractivity contribution in [3.63, 3.8) is 0 Å². The lowest BCUT2D eigenvalue weighted by Gasteiger charge is -2.20. The Morgan fingerprint density at radius 1 is 1.40 bits per heavy atom. The van der Waals surface area contributed by atoms with Crippen molar-refractivity contribution in [1.82, 2.24) is 5.32 Å². The maximum absolute atomic E-state index is 12.5. The van der Waals surface area contributed by atoms with E-state index < -0.39 is 0 Å². The van der Waals surface area contributed by atoms with Gasteiger partial charge in [0, 0.05) is 19.3 Å². The fraction of sp³-hybridized carbons (Fsp3) is 0.562. The van der Waals surface area contributed by atoms with E-state index in [9.17, 15) is 4.79 Å². The van der Waals surface area contributed by atoms with E-state index in [0.29, 0.717) is 6.61 Å². The monoisotopic (exact) mass is 276 g/mol. The first kappa shape index (κ1) is 15.0. The summed E-state index contributed by atoms with van der Waals surface area (Å²) in [5.74, 6) is 0.198. The van der Waals surface area contributed by atoms with Gasteiger partial charge in [0.05, 0.1) is 12.6 Å². The van der Waals surface area contributed by atoms with Gasteiger partial charge in [-0.25, -0.2) is 0 Å². The van der Waals surface area contributed by atoms with Crippen molar-refractivity contribution in [2.24, 2.45) is 0 Å². The molecular formula is C16H24N2O2. The maximum atomic E-state index is 12.5. The molecule has 1 aliphatic rings. The van der Waals surface area contributed by atoms with Gasteiger partial charge in [-0.15, -0.1) is 0 Å². The van der Waals surface area contributed by atoms with Gasteiger partial charge in [-0.2, -0.15) is 0 Å². The summed E-state index contributed by atoms with van der Waals surface area (Å²) in [6.45, 7) is 4.49. The summed E-state index contributed by atoms with van der Waals surface area (Å²) < 4.78 is 5.15. The fourth-order valence-electron chi connectivity index (χ4n) is 2.62. The molecule has 1 atom stereocenters. The third-order valence-corrected chi connectivity index (χ3v) is 3.70. The molecule has 1 saturated heterocycles. The number of benzene rings is 1. The lowest BCUT2D eigenvalue weighted by atomic mass is 10.1. The summed E-state index contributed by atoms with van der Waals surface area (Å²) in [5, 5.41) is 3.33. The van der Waals surface area contributed by atoms with Crippen LogP contribution in [-0.2, 0) is 16.0 Å². The zero-order valence-electron chi connectivity index (χ0n) is 12.4.